The van der Waals surface area contributed by atoms with Gasteiger partial charge < -0.3 is 9.51 Å². The van der Waals surface area contributed by atoms with Crippen LogP contribution in [0.1, 0.15) is 58.9 Å². The summed E-state index contributed by atoms with van der Waals surface area (Å²) >= 11 is 0. The van der Waals surface area contributed by atoms with E-state index in [1.807, 2.05) is 33.8 Å². The van der Waals surface area contributed by atoms with Crippen LogP contribution >= 0.6 is 0 Å². The van der Waals surface area contributed by atoms with Crippen molar-refractivity contribution >= 4 is 65.9 Å². The zero-order valence-corrected chi connectivity index (χ0v) is 29.5. The standard InChI is InChI=1S/C27H16N3.C13H24O2.Ir/c1-16-7-6-12-23-25(16)29-27-21-14-19-10-4-5-11-22(19)28-26(21)20-13-17-8-2-3-9-18(17)15-24(20)30(23)27;1-5-10(6-2)12(14)9-13(15)11(7-3)8-4;/h2-12,14-15H,1H3;9-11,14H,5-8H2,1-4H3;/q-1;;/b;12-9-;. The van der Waals surface area contributed by atoms with Crippen molar-refractivity contribution < 1.29 is 30.0 Å². The summed E-state index contributed by atoms with van der Waals surface area (Å²) in [4.78, 5) is 21.9. The molecule has 46 heavy (non-hydrogen) atoms. The van der Waals surface area contributed by atoms with Crippen molar-refractivity contribution in [1.29, 1.82) is 0 Å². The first-order chi connectivity index (χ1) is 21.9. The van der Waals surface area contributed by atoms with E-state index < -0.39 is 0 Å². The van der Waals surface area contributed by atoms with E-state index in [0.717, 1.165) is 80.5 Å². The molecule has 0 fully saturated rings. The Morgan fingerprint density at radius 1 is 0.804 bits per heavy atom. The molecule has 0 saturated carbocycles. The van der Waals surface area contributed by atoms with E-state index >= 15 is 0 Å². The van der Waals surface area contributed by atoms with Crippen molar-refractivity contribution in [2.75, 3.05) is 0 Å². The van der Waals surface area contributed by atoms with Crippen molar-refractivity contribution in [2.45, 2.75) is 60.3 Å². The molecule has 0 saturated heterocycles. The summed E-state index contributed by atoms with van der Waals surface area (Å²) in [6.07, 6.45) is 4.91. The van der Waals surface area contributed by atoms with Gasteiger partial charge in [0.05, 0.1) is 22.3 Å². The van der Waals surface area contributed by atoms with Crippen LogP contribution in [0.4, 0.5) is 0 Å². The fourth-order valence-corrected chi connectivity index (χ4v) is 6.43. The molecule has 0 unspecified atom stereocenters. The van der Waals surface area contributed by atoms with E-state index in [4.69, 9.17) is 9.97 Å². The number of aromatic nitrogens is 3. The van der Waals surface area contributed by atoms with Crippen molar-refractivity contribution in [3.05, 3.63) is 102 Å². The quantitative estimate of drug-likeness (QED) is 0.0575. The summed E-state index contributed by atoms with van der Waals surface area (Å²) in [5, 5.41) is 15.2. The predicted octanol–water partition coefficient (Wildman–Crippen LogP) is 10.5. The number of hydrogen-bond donors (Lipinski definition) is 1. The Morgan fingerprint density at radius 2 is 1.48 bits per heavy atom. The molecular formula is C40H40IrN3O2-. The van der Waals surface area contributed by atoms with Gasteiger partial charge in [0, 0.05) is 48.9 Å². The zero-order chi connectivity index (χ0) is 31.7. The van der Waals surface area contributed by atoms with Crippen LogP contribution in [0.3, 0.4) is 0 Å². The Bertz CT molecular complexity index is 2230. The zero-order valence-electron chi connectivity index (χ0n) is 27.1. The Labute approximate surface area is 283 Å². The van der Waals surface area contributed by atoms with Gasteiger partial charge in [0.2, 0.25) is 0 Å². The van der Waals surface area contributed by atoms with Crippen molar-refractivity contribution in [3.63, 3.8) is 0 Å². The van der Waals surface area contributed by atoms with Crippen molar-refractivity contribution in [3.8, 4) is 0 Å². The number of fused-ring (bicyclic) bond motifs is 10. The van der Waals surface area contributed by atoms with Crippen LogP contribution < -0.4 is 0 Å². The molecular weight excluding hydrogens is 747 g/mol. The summed E-state index contributed by atoms with van der Waals surface area (Å²) in [5.41, 5.74) is 7.31. The number of carbonyl (C=O) groups is 1. The first-order valence-electron chi connectivity index (χ1n) is 16.2. The summed E-state index contributed by atoms with van der Waals surface area (Å²) in [6, 6.07) is 31.2. The number of pyridine rings is 2. The molecule has 5 nitrogen and oxygen atoms in total. The molecule has 7 aromatic rings. The second-order valence-corrected chi connectivity index (χ2v) is 11.9. The van der Waals surface area contributed by atoms with Crippen molar-refractivity contribution in [2.24, 2.45) is 11.8 Å². The first-order valence-corrected chi connectivity index (χ1v) is 16.2. The molecule has 1 N–H and O–H groups in total. The number of rotatable bonds is 7. The van der Waals surface area contributed by atoms with Crippen LogP contribution in [0, 0.1) is 24.8 Å². The molecule has 0 amide bonds. The average Bonchev–Trinajstić information content (AvgIpc) is 3.46. The van der Waals surface area contributed by atoms with Gasteiger partial charge in [-0.25, -0.2) is 4.98 Å². The Balaban J connectivity index is 0.000000225. The third-order valence-corrected chi connectivity index (χ3v) is 9.18. The van der Waals surface area contributed by atoms with Gasteiger partial charge in [-0.05, 0) is 67.3 Å². The van der Waals surface area contributed by atoms with Gasteiger partial charge in [0.15, 0.2) is 5.78 Å². The Hall–Kier alpha value is -4.12. The second-order valence-electron chi connectivity index (χ2n) is 11.9. The Kier molecular flexibility index (Phi) is 10.2. The summed E-state index contributed by atoms with van der Waals surface area (Å²) in [7, 11) is 0. The van der Waals surface area contributed by atoms with Gasteiger partial charge in [-0.2, -0.15) is 0 Å². The number of allylic oxidation sites excluding steroid dienone is 2. The molecule has 7 rings (SSSR count). The minimum atomic E-state index is 0. The first kappa shape index (κ1) is 33.2. The molecule has 0 atom stereocenters. The molecule has 0 aliphatic heterocycles. The van der Waals surface area contributed by atoms with Crippen LogP contribution in [0.5, 0.6) is 0 Å². The minimum absolute atomic E-state index is 0. The number of imidazole rings is 1. The normalized spacial score (nSPS) is 12.0. The molecule has 237 valence electrons. The maximum absolute atomic E-state index is 11.7. The topological polar surface area (TPSA) is 67.5 Å². The molecule has 1 radical (unpaired) electrons. The summed E-state index contributed by atoms with van der Waals surface area (Å²) in [5.74, 6) is 0.547. The number of aliphatic hydroxyl groups is 1. The fourth-order valence-electron chi connectivity index (χ4n) is 6.43. The number of hydrogen-bond acceptors (Lipinski definition) is 4. The maximum Gasteiger partial charge on any atom is 0.162 e. The number of para-hydroxylation sites is 2. The van der Waals surface area contributed by atoms with Crippen LogP contribution in [-0.4, -0.2) is 25.3 Å². The number of nitrogens with zero attached hydrogens (tertiary/aromatic N) is 3. The van der Waals surface area contributed by atoms with Crippen molar-refractivity contribution in [1.82, 2.24) is 14.4 Å². The van der Waals surface area contributed by atoms with Gasteiger partial charge in [-0.1, -0.05) is 93.1 Å². The third kappa shape index (κ3) is 6.04. The van der Waals surface area contributed by atoms with Gasteiger partial charge in [-0.15, -0.1) is 17.5 Å². The summed E-state index contributed by atoms with van der Waals surface area (Å²) in [6.45, 7) is 10.2. The average molecular weight is 787 g/mol. The van der Waals surface area contributed by atoms with E-state index in [1.165, 1.54) is 17.0 Å². The minimum Gasteiger partial charge on any atom is -0.512 e. The number of aliphatic hydroxyl groups excluding tert-OH is 1. The van der Waals surface area contributed by atoms with Crippen LogP contribution in [0.25, 0.3) is 60.2 Å². The third-order valence-electron chi connectivity index (χ3n) is 9.18. The second kappa shape index (κ2) is 14.1. The molecule has 0 spiro atoms. The van der Waals surface area contributed by atoms with Gasteiger partial charge in [0.1, 0.15) is 5.65 Å². The van der Waals surface area contributed by atoms with E-state index in [9.17, 15) is 9.90 Å². The van der Waals surface area contributed by atoms with E-state index in [0.29, 0.717) is 0 Å². The fraction of sp³-hybridized carbons (Fsp3) is 0.275. The maximum atomic E-state index is 11.7. The van der Waals surface area contributed by atoms with Crippen LogP contribution in [-0.2, 0) is 24.9 Å². The molecule has 0 aliphatic rings. The Morgan fingerprint density at radius 3 is 2.20 bits per heavy atom. The molecule has 3 heterocycles. The SMILES string of the molecule is CCC(CC)C(=O)/C=C(\O)C(CC)CC.Cc1cccc2c1nc1c3cc4ccccc4nc3c3[c-]c4ccccc4cc3n21.[Ir]. The smallest absolute Gasteiger partial charge is 0.162 e. The number of ketones is 1. The number of carbonyl (C=O) groups excluding carboxylic acids is 1. The van der Waals surface area contributed by atoms with Crippen LogP contribution in [0.15, 0.2) is 90.7 Å². The monoisotopic (exact) mass is 787 g/mol. The van der Waals surface area contributed by atoms with E-state index in [1.54, 1.807) is 0 Å². The van der Waals surface area contributed by atoms with E-state index in [-0.39, 0.29) is 43.5 Å². The molecule has 0 aliphatic carbocycles. The number of aryl methyl sites for hydroxylation is 1. The van der Waals surface area contributed by atoms with Gasteiger partial charge in [0.25, 0.3) is 0 Å². The molecule has 0 bridgehead atoms. The molecule has 6 heteroatoms. The van der Waals surface area contributed by atoms with Gasteiger partial charge >= 0.3 is 0 Å². The largest absolute Gasteiger partial charge is 0.512 e. The molecule has 4 aromatic carbocycles. The summed E-state index contributed by atoms with van der Waals surface area (Å²) < 4.78 is 2.28. The van der Waals surface area contributed by atoms with E-state index in [2.05, 4.69) is 90.2 Å². The van der Waals surface area contributed by atoms with Crippen LogP contribution in [0.2, 0.25) is 0 Å². The predicted molar refractivity (Wildman–Crippen MR) is 188 cm³/mol. The number of benzene rings is 4. The van der Waals surface area contributed by atoms with Gasteiger partial charge in [-0.3, -0.25) is 9.78 Å². The molecule has 3 aromatic heterocycles.